The van der Waals surface area contributed by atoms with Gasteiger partial charge in [0, 0.05) is 13.1 Å². The Hall–Kier alpha value is -3.60. The van der Waals surface area contributed by atoms with E-state index in [1.807, 2.05) is 91.0 Å². The number of unbranched alkanes of at least 4 members (excludes halogenated alkanes) is 2. The number of para-hydroxylation sites is 1. The molecule has 33 heavy (non-hydrogen) atoms. The number of amides is 2. The van der Waals surface area contributed by atoms with Crippen molar-refractivity contribution < 1.29 is 14.3 Å². The largest absolute Gasteiger partial charge is 0.484 e. The highest BCUT2D eigenvalue weighted by atomic mass is 16.5. The van der Waals surface area contributed by atoms with Crippen LogP contribution in [0.25, 0.3) is 0 Å². The van der Waals surface area contributed by atoms with Gasteiger partial charge in [0.2, 0.25) is 5.91 Å². The monoisotopic (exact) mass is 444 g/mol. The summed E-state index contributed by atoms with van der Waals surface area (Å²) in [5, 5.41) is 3.04. The zero-order valence-electron chi connectivity index (χ0n) is 19.2. The number of ether oxygens (including phenoxy) is 1. The van der Waals surface area contributed by atoms with E-state index in [4.69, 9.17) is 4.74 Å². The average Bonchev–Trinajstić information content (AvgIpc) is 2.87. The zero-order chi connectivity index (χ0) is 23.3. The Morgan fingerprint density at radius 1 is 0.848 bits per heavy atom. The van der Waals surface area contributed by atoms with Crippen molar-refractivity contribution in [2.45, 2.75) is 38.8 Å². The summed E-state index contributed by atoms with van der Waals surface area (Å²) in [5.74, 6) is 0.187. The first-order valence-electron chi connectivity index (χ1n) is 11.5. The molecular weight excluding hydrogens is 412 g/mol. The van der Waals surface area contributed by atoms with Gasteiger partial charge in [0.05, 0.1) is 0 Å². The normalized spacial score (nSPS) is 11.4. The Morgan fingerprint density at radius 3 is 2.09 bits per heavy atom. The van der Waals surface area contributed by atoms with E-state index in [0.717, 1.165) is 30.4 Å². The van der Waals surface area contributed by atoms with Gasteiger partial charge in [-0.15, -0.1) is 0 Å². The van der Waals surface area contributed by atoms with Gasteiger partial charge in [-0.2, -0.15) is 0 Å². The quantitative estimate of drug-likeness (QED) is 0.394. The van der Waals surface area contributed by atoms with E-state index >= 15 is 0 Å². The van der Waals surface area contributed by atoms with E-state index in [1.54, 1.807) is 4.90 Å². The lowest BCUT2D eigenvalue weighted by molar-refractivity contribution is -0.143. The lowest BCUT2D eigenvalue weighted by Gasteiger charge is -2.31. The van der Waals surface area contributed by atoms with Crippen LogP contribution < -0.4 is 10.1 Å². The Morgan fingerprint density at radius 2 is 1.45 bits per heavy atom. The first-order chi connectivity index (χ1) is 16.2. The Labute approximate surface area is 196 Å². The molecule has 5 heteroatoms. The van der Waals surface area contributed by atoms with Crippen molar-refractivity contribution in [1.29, 1.82) is 0 Å². The maximum Gasteiger partial charge on any atom is 0.261 e. The molecule has 0 fully saturated rings. The number of benzene rings is 3. The van der Waals surface area contributed by atoms with Gasteiger partial charge in [-0.1, -0.05) is 98.6 Å². The molecule has 3 aromatic carbocycles. The predicted octanol–water partition coefficient (Wildman–Crippen LogP) is 5.14. The molecule has 0 bridgehead atoms. The summed E-state index contributed by atoms with van der Waals surface area (Å²) < 4.78 is 5.74. The van der Waals surface area contributed by atoms with Gasteiger partial charge in [-0.3, -0.25) is 9.59 Å². The lowest BCUT2D eigenvalue weighted by Crippen LogP contribution is -2.45. The van der Waals surface area contributed by atoms with E-state index in [1.165, 1.54) is 0 Å². The summed E-state index contributed by atoms with van der Waals surface area (Å²) in [6, 6.07) is 27.6. The Bertz CT molecular complexity index is 978. The van der Waals surface area contributed by atoms with Crippen molar-refractivity contribution in [3.63, 3.8) is 0 Å². The summed E-state index contributed by atoms with van der Waals surface area (Å²) in [6.45, 7) is 2.87. The molecule has 3 aromatic rings. The van der Waals surface area contributed by atoms with Crippen LogP contribution in [-0.4, -0.2) is 29.9 Å². The maximum atomic E-state index is 13.4. The second-order valence-electron chi connectivity index (χ2n) is 7.92. The molecular formula is C28H32N2O3. The number of carbonyl (C=O) groups is 2. The molecule has 1 N–H and O–H groups in total. The third-order valence-corrected chi connectivity index (χ3v) is 5.38. The molecule has 1 atom stereocenters. The molecule has 3 rings (SSSR count). The maximum absolute atomic E-state index is 13.4. The number of nitrogens with zero attached hydrogens (tertiary/aromatic N) is 1. The van der Waals surface area contributed by atoms with Crippen molar-refractivity contribution in [1.82, 2.24) is 10.2 Å². The molecule has 0 aliphatic rings. The Kier molecular flexibility index (Phi) is 9.52. The molecule has 0 spiro atoms. The highest BCUT2D eigenvalue weighted by Gasteiger charge is 2.31. The van der Waals surface area contributed by atoms with Crippen molar-refractivity contribution in [2.24, 2.45) is 0 Å². The number of nitrogens with one attached hydrogen (secondary N) is 1. The molecule has 5 nitrogen and oxygen atoms in total. The van der Waals surface area contributed by atoms with Crippen LogP contribution in [0, 0.1) is 0 Å². The van der Waals surface area contributed by atoms with Crippen LogP contribution in [-0.2, 0) is 16.1 Å². The minimum absolute atomic E-state index is 0.150. The number of rotatable bonds is 12. The summed E-state index contributed by atoms with van der Waals surface area (Å²) in [4.78, 5) is 28.4. The molecule has 172 valence electrons. The van der Waals surface area contributed by atoms with Crippen LogP contribution in [0.2, 0.25) is 0 Å². The van der Waals surface area contributed by atoms with Gasteiger partial charge < -0.3 is 15.0 Å². The van der Waals surface area contributed by atoms with Crippen molar-refractivity contribution in [3.05, 3.63) is 102 Å². The molecule has 0 radical (unpaired) electrons. The molecule has 0 aromatic heterocycles. The number of hydrogen-bond acceptors (Lipinski definition) is 3. The van der Waals surface area contributed by atoms with Crippen LogP contribution in [0.3, 0.4) is 0 Å². The summed E-state index contributed by atoms with van der Waals surface area (Å²) in [6.07, 6.45) is 3.04. The molecule has 0 unspecified atom stereocenters. The third kappa shape index (κ3) is 7.49. The van der Waals surface area contributed by atoms with Gasteiger partial charge in [-0.25, -0.2) is 0 Å². The summed E-state index contributed by atoms with van der Waals surface area (Å²) >= 11 is 0. The highest BCUT2D eigenvalue weighted by molar-refractivity contribution is 5.89. The van der Waals surface area contributed by atoms with E-state index in [9.17, 15) is 9.59 Å². The zero-order valence-corrected chi connectivity index (χ0v) is 19.2. The Balaban J connectivity index is 1.86. The van der Waals surface area contributed by atoms with Gasteiger partial charge >= 0.3 is 0 Å². The minimum atomic E-state index is -0.750. The molecule has 0 aliphatic heterocycles. The fraction of sp³-hybridized carbons (Fsp3) is 0.286. The van der Waals surface area contributed by atoms with E-state index in [2.05, 4.69) is 12.2 Å². The SMILES string of the molecule is CCCCCNC(=O)[C@H](c1ccccc1)N(Cc1ccccc1)C(=O)COc1ccccc1. The van der Waals surface area contributed by atoms with Crippen LogP contribution in [0.4, 0.5) is 0 Å². The molecule has 2 amide bonds. The van der Waals surface area contributed by atoms with Crippen LogP contribution in [0.1, 0.15) is 43.4 Å². The van der Waals surface area contributed by atoms with Crippen LogP contribution in [0.15, 0.2) is 91.0 Å². The number of carbonyl (C=O) groups excluding carboxylic acids is 2. The van der Waals surface area contributed by atoms with Gasteiger partial charge in [0.1, 0.15) is 11.8 Å². The second kappa shape index (κ2) is 13.1. The molecule has 0 saturated heterocycles. The van der Waals surface area contributed by atoms with Gasteiger partial charge in [-0.05, 0) is 29.7 Å². The third-order valence-electron chi connectivity index (χ3n) is 5.38. The van der Waals surface area contributed by atoms with Gasteiger partial charge in [0.15, 0.2) is 6.61 Å². The highest BCUT2D eigenvalue weighted by Crippen LogP contribution is 2.24. The first kappa shape index (κ1) is 24.1. The first-order valence-corrected chi connectivity index (χ1v) is 11.5. The van der Waals surface area contributed by atoms with Crippen LogP contribution in [0.5, 0.6) is 5.75 Å². The average molecular weight is 445 g/mol. The smallest absolute Gasteiger partial charge is 0.261 e. The van der Waals surface area contributed by atoms with Gasteiger partial charge in [0.25, 0.3) is 5.91 Å². The summed E-state index contributed by atoms with van der Waals surface area (Å²) in [7, 11) is 0. The standard InChI is InChI=1S/C28H32N2O3/c1-2-3-13-20-29-28(32)27(24-16-9-5-10-17-24)30(21-23-14-7-4-8-15-23)26(31)22-33-25-18-11-6-12-19-25/h4-12,14-19,27H,2-3,13,20-22H2,1H3,(H,29,32)/t27-/m0/s1. The fourth-order valence-corrected chi connectivity index (χ4v) is 3.64. The number of hydrogen-bond donors (Lipinski definition) is 1. The molecule has 0 aliphatic carbocycles. The predicted molar refractivity (Wildman–Crippen MR) is 131 cm³/mol. The lowest BCUT2D eigenvalue weighted by atomic mass is 10.0. The topological polar surface area (TPSA) is 58.6 Å². The minimum Gasteiger partial charge on any atom is -0.484 e. The molecule has 0 heterocycles. The van der Waals surface area contributed by atoms with Crippen molar-refractivity contribution >= 4 is 11.8 Å². The fourth-order valence-electron chi connectivity index (χ4n) is 3.64. The molecule has 0 saturated carbocycles. The van der Waals surface area contributed by atoms with Crippen LogP contribution >= 0.6 is 0 Å². The summed E-state index contributed by atoms with van der Waals surface area (Å²) in [5.41, 5.74) is 1.72. The van der Waals surface area contributed by atoms with Crippen molar-refractivity contribution in [3.8, 4) is 5.75 Å². The van der Waals surface area contributed by atoms with Crippen molar-refractivity contribution in [2.75, 3.05) is 13.2 Å². The van der Waals surface area contributed by atoms with E-state index in [0.29, 0.717) is 18.8 Å². The second-order valence-corrected chi connectivity index (χ2v) is 7.92. The van der Waals surface area contributed by atoms with E-state index in [-0.39, 0.29) is 18.4 Å². The van der Waals surface area contributed by atoms with E-state index < -0.39 is 6.04 Å².